The Morgan fingerprint density at radius 1 is 0.862 bits per heavy atom. The molecule has 0 aliphatic carbocycles. The molecule has 0 fully saturated rings. The molecular formula is C27H35N2+. The minimum atomic E-state index is 1.13. The van der Waals surface area contributed by atoms with Gasteiger partial charge in [-0.1, -0.05) is 56.4 Å². The van der Waals surface area contributed by atoms with Crippen LogP contribution in [0, 0.1) is 6.92 Å². The van der Waals surface area contributed by atoms with Crippen LogP contribution in [0.4, 0.5) is 5.69 Å². The molecule has 3 rings (SSSR count). The van der Waals surface area contributed by atoms with Crippen LogP contribution >= 0.6 is 0 Å². The predicted molar refractivity (Wildman–Crippen MR) is 127 cm³/mol. The van der Waals surface area contributed by atoms with Gasteiger partial charge in [0.1, 0.15) is 7.05 Å². The third-order valence-corrected chi connectivity index (χ3v) is 5.74. The van der Waals surface area contributed by atoms with Crippen LogP contribution in [0.1, 0.15) is 55.8 Å². The molecule has 1 aromatic heterocycles. The number of pyridine rings is 1. The van der Waals surface area contributed by atoms with Gasteiger partial charge >= 0.3 is 0 Å². The van der Waals surface area contributed by atoms with Crippen LogP contribution in [-0.2, 0) is 7.05 Å². The first kappa shape index (κ1) is 21.1. The number of hydrogen-bond donors (Lipinski definition) is 0. The van der Waals surface area contributed by atoms with Crippen molar-refractivity contribution >= 4 is 28.7 Å². The molecule has 29 heavy (non-hydrogen) atoms. The lowest BCUT2D eigenvalue weighted by atomic mass is 10.1. The molecule has 0 spiro atoms. The molecule has 2 nitrogen and oxygen atoms in total. The third kappa shape index (κ3) is 5.69. The maximum atomic E-state index is 2.37. The summed E-state index contributed by atoms with van der Waals surface area (Å²) < 4.78 is 2.26. The molecule has 0 amide bonds. The van der Waals surface area contributed by atoms with Gasteiger partial charge in [0.25, 0.3) is 0 Å². The molecule has 0 bridgehead atoms. The number of fused-ring (bicyclic) bond motifs is 1. The lowest BCUT2D eigenvalue weighted by Crippen LogP contribution is -2.32. The van der Waals surface area contributed by atoms with E-state index in [0.29, 0.717) is 0 Å². The highest BCUT2D eigenvalue weighted by Gasteiger charge is 2.09. The normalized spacial score (nSPS) is 11.4. The second-order valence-electron chi connectivity index (χ2n) is 8.14. The Kier molecular flexibility index (Phi) is 7.46. The van der Waals surface area contributed by atoms with Crippen molar-refractivity contribution in [1.82, 2.24) is 0 Å². The van der Waals surface area contributed by atoms with Gasteiger partial charge in [-0.05, 0) is 49.2 Å². The fourth-order valence-corrected chi connectivity index (χ4v) is 3.81. The standard InChI is InChI=1S/C27H35N2/c1-5-6-7-8-9-20-28(3)25-15-11-23(12-16-25)13-17-26-18-14-24-21-22(2)10-19-27(24)29(26)4/h10-19,21H,5-9,20H2,1-4H3/q+1. The number of anilines is 1. The molecule has 0 aliphatic heterocycles. The molecule has 0 saturated carbocycles. The quantitative estimate of drug-likeness (QED) is 0.298. The van der Waals surface area contributed by atoms with Crippen LogP contribution in [0.3, 0.4) is 0 Å². The van der Waals surface area contributed by atoms with E-state index in [1.165, 1.54) is 65.5 Å². The van der Waals surface area contributed by atoms with E-state index >= 15 is 0 Å². The molecular weight excluding hydrogens is 352 g/mol. The zero-order valence-electron chi connectivity index (χ0n) is 18.5. The molecule has 0 aliphatic rings. The summed E-state index contributed by atoms with van der Waals surface area (Å²) in [5.41, 5.74) is 6.29. The van der Waals surface area contributed by atoms with Gasteiger partial charge < -0.3 is 4.90 Å². The average Bonchev–Trinajstić information content (AvgIpc) is 2.73. The van der Waals surface area contributed by atoms with Crippen molar-refractivity contribution in [3.8, 4) is 0 Å². The lowest BCUT2D eigenvalue weighted by Gasteiger charge is -2.19. The van der Waals surface area contributed by atoms with E-state index in [4.69, 9.17) is 0 Å². The Morgan fingerprint density at radius 2 is 1.62 bits per heavy atom. The monoisotopic (exact) mass is 387 g/mol. The van der Waals surface area contributed by atoms with E-state index in [1.807, 2.05) is 0 Å². The highest BCUT2D eigenvalue weighted by atomic mass is 15.1. The van der Waals surface area contributed by atoms with Crippen molar-refractivity contribution in [3.05, 3.63) is 71.4 Å². The van der Waals surface area contributed by atoms with Crippen LogP contribution in [-0.4, -0.2) is 13.6 Å². The van der Waals surface area contributed by atoms with E-state index in [1.54, 1.807) is 0 Å². The molecule has 0 radical (unpaired) electrons. The van der Waals surface area contributed by atoms with E-state index in [9.17, 15) is 0 Å². The summed E-state index contributed by atoms with van der Waals surface area (Å²) in [5.74, 6) is 0. The van der Waals surface area contributed by atoms with Crippen molar-refractivity contribution in [2.45, 2.75) is 46.0 Å². The minimum Gasteiger partial charge on any atom is -0.375 e. The highest BCUT2D eigenvalue weighted by molar-refractivity contribution is 5.78. The van der Waals surface area contributed by atoms with Crippen LogP contribution in [0.15, 0.2) is 54.6 Å². The highest BCUT2D eigenvalue weighted by Crippen LogP contribution is 2.17. The molecule has 0 unspecified atom stereocenters. The van der Waals surface area contributed by atoms with Crippen LogP contribution in [0.2, 0.25) is 0 Å². The molecule has 3 aromatic rings. The number of benzene rings is 2. The van der Waals surface area contributed by atoms with Crippen LogP contribution < -0.4 is 9.47 Å². The zero-order chi connectivity index (χ0) is 20.6. The number of rotatable bonds is 9. The van der Waals surface area contributed by atoms with Crippen LogP contribution in [0.25, 0.3) is 23.1 Å². The second-order valence-corrected chi connectivity index (χ2v) is 8.14. The Hall–Kier alpha value is -2.61. The average molecular weight is 388 g/mol. The van der Waals surface area contributed by atoms with Gasteiger partial charge in [0.15, 0.2) is 0 Å². The minimum absolute atomic E-state index is 1.13. The topological polar surface area (TPSA) is 7.12 Å². The molecule has 2 aromatic carbocycles. The van der Waals surface area contributed by atoms with E-state index in [-0.39, 0.29) is 0 Å². The summed E-state index contributed by atoms with van der Waals surface area (Å²) in [7, 11) is 4.33. The Balaban J connectivity index is 1.63. The molecule has 0 saturated heterocycles. The molecule has 2 heteroatoms. The summed E-state index contributed by atoms with van der Waals surface area (Å²) in [6.45, 7) is 5.54. The van der Waals surface area contributed by atoms with Gasteiger partial charge in [-0.25, -0.2) is 0 Å². The summed E-state index contributed by atoms with van der Waals surface area (Å²) in [5, 5.41) is 1.28. The van der Waals surface area contributed by atoms with Gasteiger partial charge in [0, 0.05) is 42.9 Å². The number of aryl methyl sites for hydroxylation is 2. The summed E-state index contributed by atoms with van der Waals surface area (Å²) in [6.07, 6.45) is 11.0. The van der Waals surface area contributed by atoms with Gasteiger partial charge in [0.2, 0.25) is 11.2 Å². The van der Waals surface area contributed by atoms with Crippen LogP contribution in [0.5, 0.6) is 0 Å². The number of hydrogen-bond acceptors (Lipinski definition) is 1. The van der Waals surface area contributed by atoms with Crippen molar-refractivity contribution in [3.63, 3.8) is 0 Å². The lowest BCUT2D eigenvalue weighted by molar-refractivity contribution is -0.646. The summed E-state index contributed by atoms with van der Waals surface area (Å²) in [4.78, 5) is 2.37. The zero-order valence-corrected chi connectivity index (χ0v) is 18.5. The Morgan fingerprint density at radius 3 is 2.38 bits per heavy atom. The van der Waals surface area contributed by atoms with Gasteiger partial charge in [-0.3, -0.25) is 0 Å². The number of aromatic nitrogens is 1. The first-order valence-electron chi connectivity index (χ1n) is 11.0. The van der Waals surface area contributed by atoms with Crippen molar-refractivity contribution < 1.29 is 4.57 Å². The molecule has 152 valence electrons. The smallest absolute Gasteiger partial charge is 0.212 e. The van der Waals surface area contributed by atoms with Gasteiger partial charge in [-0.15, -0.1) is 0 Å². The van der Waals surface area contributed by atoms with E-state index in [0.717, 1.165) is 6.54 Å². The number of unbranched alkanes of at least 4 members (excludes halogenated alkanes) is 4. The van der Waals surface area contributed by atoms with Crippen molar-refractivity contribution in [1.29, 1.82) is 0 Å². The molecule has 0 atom stereocenters. The van der Waals surface area contributed by atoms with E-state index in [2.05, 4.69) is 104 Å². The van der Waals surface area contributed by atoms with Gasteiger partial charge in [-0.2, -0.15) is 4.57 Å². The summed E-state index contributed by atoms with van der Waals surface area (Å²) >= 11 is 0. The van der Waals surface area contributed by atoms with Crippen molar-refractivity contribution in [2.75, 3.05) is 18.5 Å². The largest absolute Gasteiger partial charge is 0.375 e. The third-order valence-electron chi connectivity index (χ3n) is 5.74. The van der Waals surface area contributed by atoms with Gasteiger partial charge in [0.05, 0.1) is 0 Å². The first-order valence-corrected chi connectivity index (χ1v) is 11.0. The fourth-order valence-electron chi connectivity index (χ4n) is 3.81. The van der Waals surface area contributed by atoms with Crippen molar-refractivity contribution in [2.24, 2.45) is 7.05 Å². The first-order chi connectivity index (χ1) is 14.1. The number of nitrogens with zero attached hydrogens (tertiary/aromatic N) is 2. The predicted octanol–water partition coefficient (Wildman–Crippen LogP) is 6.55. The van der Waals surface area contributed by atoms with E-state index < -0.39 is 0 Å². The fraction of sp³-hybridized carbons (Fsp3) is 0.370. The Bertz CT molecular complexity index is 954. The molecule has 1 heterocycles. The maximum absolute atomic E-state index is 2.37. The second kappa shape index (κ2) is 10.2. The molecule has 0 N–H and O–H groups in total. The maximum Gasteiger partial charge on any atom is 0.212 e. The SMILES string of the molecule is CCCCCCCN(C)c1ccc(/C=C/c2ccc3cc(C)ccc3[n+]2C)cc1. The summed E-state index contributed by atoms with van der Waals surface area (Å²) in [6, 6.07) is 19.9. The Labute approximate surface area is 176 Å².